The molecule has 16 heavy (non-hydrogen) atoms. The molecule has 0 unspecified atom stereocenters. The van der Waals surface area contributed by atoms with Gasteiger partial charge in [0.05, 0.1) is 0 Å². The van der Waals surface area contributed by atoms with Crippen molar-refractivity contribution in [2.24, 2.45) is 0 Å². The average molecular weight is 222 g/mol. The smallest absolute Gasteiger partial charge is 0.246 e. The Bertz CT molecular complexity index is 340. The Balaban J connectivity index is 2.29. The van der Waals surface area contributed by atoms with Crippen LogP contribution in [-0.4, -0.2) is 19.1 Å². The molecule has 4 heteroatoms. The maximum atomic E-state index is 11.3. The van der Waals surface area contributed by atoms with Crippen LogP contribution < -0.4 is 11.1 Å². The number of anilines is 1. The van der Waals surface area contributed by atoms with Crippen LogP contribution in [0, 0.1) is 0 Å². The van der Waals surface area contributed by atoms with Gasteiger partial charge in [-0.25, -0.2) is 0 Å². The highest BCUT2D eigenvalue weighted by Crippen LogP contribution is 2.09. The van der Waals surface area contributed by atoms with Gasteiger partial charge in [-0.2, -0.15) is 0 Å². The van der Waals surface area contributed by atoms with E-state index in [4.69, 9.17) is 10.5 Å². The van der Waals surface area contributed by atoms with Crippen LogP contribution in [0.25, 0.3) is 0 Å². The number of hydrogen-bond donors (Lipinski definition) is 2. The third-order valence-corrected chi connectivity index (χ3v) is 2.11. The molecule has 0 spiro atoms. The SMILES string of the molecule is CCCOCC(=O)NCc1ccccc1N. The molecule has 0 bridgehead atoms. The van der Waals surface area contributed by atoms with Crippen LogP contribution in [0.1, 0.15) is 18.9 Å². The maximum absolute atomic E-state index is 11.3. The Morgan fingerprint density at radius 3 is 2.88 bits per heavy atom. The van der Waals surface area contributed by atoms with E-state index >= 15 is 0 Å². The number of ether oxygens (including phenoxy) is 1. The van der Waals surface area contributed by atoms with Gasteiger partial charge in [-0.05, 0) is 18.1 Å². The minimum Gasteiger partial charge on any atom is -0.398 e. The maximum Gasteiger partial charge on any atom is 0.246 e. The summed E-state index contributed by atoms with van der Waals surface area (Å²) in [6.45, 7) is 3.17. The van der Waals surface area contributed by atoms with Gasteiger partial charge in [0.15, 0.2) is 0 Å². The molecular weight excluding hydrogens is 204 g/mol. The fraction of sp³-hybridized carbons (Fsp3) is 0.417. The van der Waals surface area contributed by atoms with Gasteiger partial charge < -0.3 is 15.8 Å². The molecule has 0 fully saturated rings. The zero-order chi connectivity index (χ0) is 11.8. The highest BCUT2D eigenvalue weighted by Gasteiger charge is 2.02. The largest absolute Gasteiger partial charge is 0.398 e. The lowest BCUT2D eigenvalue weighted by atomic mass is 10.2. The predicted molar refractivity (Wildman–Crippen MR) is 63.8 cm³/mol. The Kier molecular flexibility index (Phi) is 5.36. The molecule has 0 aliphatic carbocycles. The van der Waals surface area contributed by atoms with Crippen molar-refractivity contribution in [2.45, 2.75) is 19.9 Å². The highest BCUT2D eigenvalue weighted by atomic mass is 16.5. The minimum absolute atomic E-state index is 0.112. The van der Waals surface area contributed by atoms with Gasteiger partial charge in [0.2, 0.25) is 5.91 Å². The van der Waals surface area contributed by atoms with E-state index in [9.17, 15) is 4.79 Å². The van der Waals surface area contributed by atoms with Crippen molar-refractivity contribution < 1.29 is 9.53 Å². The summed E-state index contributed by atoms with van der Waals surface area (Å²) in [5.74, 6) is -0.114. The quantitative estimate of drug-likeness (QED) is 0.563. The molecule has 3 N–H and O–H groups in total. The Morgan fingerprint density at radius 2 is 2.19 bits per heavy atom. The molecule has 0 saturated heterocycles. The van der Waals surface area contributed by atoms with Crippen LogP contribution in [0.5, 0.6) is 0 Å². The second-order valence-electron chi connectivity index (χ2n) is 3.53. The molecule has 0 heterocycles. The molecule has 88 valence electrons. The Hall–Kier alpha value is -1.55. The van der Waals surface area contributed by atoms with Crippen LogP contribution in [-0.2, 0) is 16.1 Å². The molecular formula is C12H18N2O2. The van der Waals surface area contributed by atoms with Crippen molar-refractivity contribution in [1.82, 2.24) is 5.32 Å². The second-order valence-corrected chi connectivity index (χ2v) is 3.53. The van der Waals surface area contributed by atoms with Crippen molar-refractivity contribution in [3.8, 4) is 0 Å². The number of carbonyl (C=O) groups is 1. The first-order valence-corrected chi connectivity index (χ1v) is 5.42. The average Bonchev–Trinajstić information content (AvgIpc) is 2.28. The number of benzene rings is 1. The summed E-state index contributed by atoms with van der Waals surface area (Å²) in [6, 6.07) is 7.47. The van der Waals surface area contributed by atoms with E-state index in [0.717, 1.165) is 12.0 Å². The van der Waals surface area contributed by atoms with E-state index < -0.39 is 0 Å². The minimum atomic E-state index is -0.114. The van der Waals surface area contributed by atoms with Gasteiger partial charge in [-0.1, -0.05) is 25.1 Å². The zero-order valence-corrected chi connectivity index (χ0v) is 9.53. The molecule has 0 saturated carbocycles. The number of nitrogens with two attached hydrogens (primary N) is 1. The molecule has 1 amide bonds. The lowest BCUT2D eigenvalue weighted by molar-refractivity contribution is -0.125. The van der Waals surface area contributed by atoms with E-state index in [1.54, 1.807) is 0 Å². The lowest BCUT2D eigenvalue weighted by Gasteiger charge is -2.07. The molecule has 1 aromatic carbocycles. The fourth-order valence-electron chi connectivity index (χ4n) is 1.25. The van der Waals surface area contributed by atoms with E-state index in [0.29, 0.717) is 18.8 Å². The topological polar surface area (TPSA) is 64.3 Å². The van der Waals surface area contributed by atoms with Crippen LogP contribution in [0.3, 0.4) is 0 Å². The van der Waals surface area contributed by atoms with E-state index in [1.807, 2.05) is 31.2 Å². The first-order valence-electron chi connectivity index (χ1n) is 5.42. The number of para-hydroxylation sites is 1. The van der Waals surface area contributed by atoms with Crippen molar-refractivity contribution in [3.63, 3.8) is 0 Å². The number of nitrogens with one attached hydrogen (secondary N) is 1. The molecule has 0 radical (unpaired) electrons. The number of carbonyl (C=O) groups excluding carboxylic acids is 1. The van der Waals surface area contributed by atoms with Crippen LogP contribution in [0.2, 0.25) is 0 Å². The summed E-state index contributed by atoms with van der Waals surface area (Å²) in [5, 5.41) is 2.75. The van der Waals surface area contributed by atoms with Gasteiger partial charge in [-0.3, -0.25) is 4.79 Å². The second kappa shape index (κ2) is 6.85. The molecule has 1 rings (SSSR count). The number of amides is 1. The van der Waals surface area contributed by atoms with E-state index in [2.05, 4.69) is 5.32 Å². The normalized spacial score (nSPS) is 10.1. The Morgan fingerprint density at radius 1 is 1.44 bits per heavy atom. The van der Waals surface area contributed by atoms with Crippen LogP contribution in [0.15, 0.2) is 24.3 Å². The van der Waals surface area contributed by atoms with Gasteiger partial charge >= 0.3 is 0 Å². The lowest BCUT2D eigenvalue weighted by Crippen LogP contribution is -2.27. The summed E-state index contributed by atoms with van der Waals surface area (Å²) >= 11 is 0. The van der Waals surface area contributed by atoms with Gasteiger partial charge in [0, 0.05) is 18.8 Å². The summed E-state index contributed by atoms with van der Waals surface area (Å²) in [7, 11) is 0. The van der Waals surface area contributed by atoms with Gasteiger partial charge in [0.1, 0.15) is 6.61 Å². The zero-order valence-electron chi connectivity index (χ0n) is 9.53. The predicted octanol–water partition coefficient (Wildman–Crippen LogP) is 1.31. The molecule has 0 aromatic heterocycles. The monoisotopic (exact) mass is 222 g/mol. The van der Waals surface area contributed by atoms with Crippen molar-refractivity contribution in [2.75, 3.05) is 18.9 Å². The Labute approximate surface area is 95.8 Å². The fourth-order valence-corrected chi connectivity index (χ4v) is 1.25. The first-order chi connectivity index (χ1) is 7.74. The molecule has 0 aliphatic heterocycles. The number of nitrogen functional groups attached to an aromatic ring is 1. The summed E-state index contributed by atoms with van der Waals surface area (Å²) in [4.78, 5) is 11.3. The first kappa shape index (κ1) is 12.5. The van der Waals surface area contributed by atoms with Gasteiger partial charge in [-0.15, -0.1) is 0 Å². The highest BCUT2D eigenvalue weighted by molar-refractivity contribution is 5.77. The molecule has 0 aliphatic rings. The van der Waals surface area contributed by atoms with Crippen molar-refractivity contribution >= 4 is 11.6 Å². The van der Waals surface area contributed by atoms with E-state index in [-0.39, 0.29) is 12.5 Å². The van der Waals surface area contributed by atoms with Crippen molar-refractivity contribution in [3.05, 3.63) is 29.8 Å². The van der Waals surface area contributed by atoms with Gasteiger partial charge in [0.25, 0.3) is 0 Å². The third kappa shape index (κ3) is 4.31. The van der Waals surface area contributed by atoms with Crippen LogP contribution >= 0.6 is 0 Å². The number of rotatable bonds is 6. The van der Waals surface area contributed by atoms with Crippen LogP contribution in [0.4, 0.5) is 5.69 Å². The number of hydrogen-bond acceptors (Lipinski definition) is 3. The standard InChI is InChI=1S/C12H18N2O2/c1-2-7-16-9-12(15)14-8-10-5-3-4-6-11(10)13/h3-6H,2,7-9,13H2,1H3,(H,14,15). The summed E-state index contributed by atoms with van der Waals surface area (Å²) in [5.41, 5.74) is 7.36. The molecule has 1 aromatic rings. The van der Waals surface area contributed by atoms with Crippen molar-refractivity contribution in [1.29, 1.82) is 0 Å². The molecule has 0 atom stereocenters. The molecule has 4 nitrogen and oxygen atoms in total. The van der Waals surface area contributed by atoms with E-state index in [1.165, 1.54) is 0 Å². The summed E-state index contributed by atoms with van der Waals surface area (Å²) < 4.78 is 5.12. The summed E-state index contributed by atoms with van der Waals surface area (Å²) in [6.07, 6.45) is 0.916. The third-order valence-electron chi connectivity index (χ3n) is 2.11.